The van der Waals surface area contributed by atoms with Crippen LogP contribution in [0.4, 0.5) is 5.69 Å². The second-order valence-corrected chi connectivity index (χ2v) is 8.37. The summed E-state index contributed by atoms with van der Waals surface area (Å²) < 4.78 is 13.5. The minimum Gasteiger partial charge on any atom is -0.327 e. The van der Waals surface area contributed by atoms with Crippen molar-refractivity contribution < 1.29 is 9.00 Å². The number of hydrogen-bond donors (Lipinski definition) is 1. The standard InChI is InChI=1S/C23H21N3O2S/c1-26-21-9-4-3-8-20(21)25-22(26)17-10-12-19(13-11-17)24-23(27)18-7-5-6-16(14-18)15-29(2)28/h3-14H,15H2,1-2H3,(H,24,27). The lowest BCUT2D eigenvalue weighted by Crippen LogP contribution is -2.12. The number of para-hydroxylation sites is 2. The lowest BCUT2D eigenvalue weighted by molar-refractivity contribution is 0.102. The third-order valence-electron chi connectivity index (χ3n) is 4.75. The summed E-state index contributed by atoms with van der Waals surface area (Å²) in [6.07, 6.45) is 1.65. The molecule has 6 heteroatoms. The zero-order valence-electron chi connectivity index (χ0n) is 16.3. The second kappa shape index (κ2) is 8.01. The highest BCUT2D eigenvalue weighted by Crippen LogP contribution is 2.25. The molecule has 1 N–H and O–H groups in total. The molecule has 0 spiro atoms. The average Bonchev–Trinajstić information content (AvgIpc) is 3.05. The van der Waals surface area contributed by atoms with Crippen molar-refractivity contribution in [2.45, 2.75) is 5.75 Å². The summed E-state index contributed by atoms with van der Waals surface area (Å²) in [5, 5.41) is 2.92. The molecule has 0 bridgehead atoms. The van der Waals surface area contributed by atoms with Crippen LogP contribution >= 0.6 is 0 Å². The van der Waals surface area contributed by atoms with E-state index >= 15 is 0 Å². The Morgan fingerprint density at radius 2 is 1.79 bits per heavy atom. The zero-order valence-corrected chi connectivity index (χ0v) is 17.1. The molecule has 0 saturated carbocycles. The van der Waals surface area contributed by atoms with E-state index < -0.39 is 10.8 Å². The molecule has 4 aromatic rings. The highest BCUT2D eigenvalue weighted by Gasteiger charge is 2.11. The van der Waals surface area contributed by atoms with E-state index in [9.17, 15) is 9.00 Å². The van der Waals surface area contributed by atoms with Crippen LogP contribution in [-0.2, 0) is 23.6 Å². The third-order valence-corrected chi connectivity index (χ3v) is 5.49. The van der Waals surface area contributed by atoms with Crippen molar-refractivity contribution in [3.63, 3.8) is 0 Å². The Bertz CT molecular complexity index is 1210. The predicted molar refractivity (Wildman–Crippen MR) is 118 cm³/mol. The second-order valence-electron chi connectivity index (χ2n) is 6.93. The number of nitrogens with one attached hydrogen (secondary N) is 1. The Kier molecular flexibility index (Phi) is 5.27. The van der Waals surface area contributed by atoms with Crippen molar-refractivity contribution in [1.82, 2.24) is 9.55 Å². The molecule has 0 aliphatic carbocycles. The molecule has 1 heterocycles. The van der Waals surface area contributed by atoms with Crippen LogP contribution in [0.1, 0.15) is 15.9 Å². The number of imidazole rings is 1. The molecule has 1 amide bonds. The molecule has 0 aliphatic rings. The number of carbonyl (C=O) groups is 1. The molecule has 0 saturated heterocycles. The van der Waals surface area contributed by atoms with Crippen LogP contribution in [0.25, 0.3) is 22.4 Å². The Morgan fingerprint density at radius 3 is 2.52 bits per heavy atom. The number of benzene rings is 3. The van der Waals surface area contributed by atoms with Gasteiger partial charge in [0, 0.05) is 46.7 Å². The van der Waals surface area contributed by atoms with E-state index in [1.807, 2.05) is 67.7 Å². The smallest absolute Gasteiger partial charge is 0.255 e. The van der Waals surface area contributed by atoms with Crippen LogP contribution in [0.3, 0.4) is 0 Å². The van der Waals surface area contributed by atoms with Gasteiger partial charge in [-0.1, -0.05) is 24.3 Å². The molecule has 5 nitrogen and oxygen atoms in total. The van der Waals surface area contributed by atoms with Crippen molar-refractivity contribution >= 4 is 33.4 Å². The summed E-state index contributed by atoms with van der Waals surface area (Å²) in [6.45, 7) is 0. The van der Waals surface area contributed by atoms with Crippen molar-refractivity contribution in [2.24, 2.45) is 7.05 Å². The van der Waals surface area contributed by atoms with Gasteiger partial charge in [0.25, 0.3) is 5.91 Å². The van der Waals surface area contributed by atoms with Crippen molar-refractivity contribution in [2.75, 3.05) is 11.6 Å². The SMILES string of the molecule is Cn1c(-c2ccc(NC(=O)c3cccc(CS(C)=O)c3)cc2)nc2ccccc21. The Morgan fingerprint density at radius 1 is 1.03 bits per heavy atom. The first-order valence-corrected chi connectivity index (χ1v) is 11.0. The van der Waals surface area contributed by atoms with Crippen molar-refractivity contribution in [3.8, 4) is 11.4 Å². The highest BCUT2D eigenvalue weighted by molar-refractivity contribution is 7.83. The maximum absolute atomic E-state index is 12.6. The average molecular weight is 404 g/mol. The van der Waals surface area contributed by atoms with Gasteiger partial charge in [0.15, 0.2) is 0 Å². The van der Waals surface area contributed by atoms with Gasteiger partial charge >= 0.3 is 0 Å². The van der Waals surface area contributed by atoms with Gasteiger partial charge in [-0.2, -0.15) is 0 Å². The summed E-state index contributed by atoms with van der Waals surface area (Å²) in [5.41, 5.74) is 5.15. The number of amides is 1. The van der Waals surface area contributed by atoms with Crippen LogP contribution in [0, 0.1) is 0 Å². The van der Waals surface area contributed by atoms with Gasteiger partial charge in [-0.15, -0.1) is 0 Å². The Labute approximate surface area is 171 Å². The third kappa shape index (κ3) is 4.12. The molecule has 0 fully saturated rings. The van der Waals surface area contributed by atoms with Gasteiger partial charge in [0.1, 0.15) is 5.82 Å². The first kappa shape index (κ1) is 19.1. The number of aryl methyl sites for hydroxylation is 1. The monoisotopic (exact) mass is 403 g/mol. The maximum atomic E-state index is 12.6. The molecular formula is C23H21N3O2S. The lowest BCUT2D eigenvalue weighted by Gasteiger charge is -2.08. The number of nitrogens with zero attached hydrogens (tertiary/aromatic N) is 2. The molecule has 1 aromatic heterocycles. The van der Waals surface area contributed by atoms with Crippen LogP contribution in [0.5, 0.6) is 0 Å². The van der Waals surface area contributed by atoms with Crippen molar-refractivity contribution in [1.29, 1.82) is 0 Å². The van der Waals surface area contributed by atoms with Crippen LogP contribution in [-0.4, -0.2) is 25.9 Å². The van der Waals surface area contributed by atoms with Gasteiger partial charge in [-0.05, 0) is 54.1 Å². The topological polar surface area (TPSA) is 64.0 Å². The van der Waals surface area contributed by atoms with Gasteiger partial charge in [0.2, 0.25) is 0 Å². The molecule has 1 unspecified atom stereocenters. The first-order chi connectivity index (χ1) is 14.0. The quantitative estimate of drug-likeness (QED) is 0.538. The van der Waals surface area contributed by atoms with E-state index in [0.29, 0.717) is 17.0 Å². The van der Waals surface area contributed by atoms with E-state index in [2.05, 4.69) is 9.88 Å². The summed E-state index contributed by atoms with van der Waals surface area (Å²) in [5.74, 6) is 1.13. The van der Waals surface area contributed by atoms with E-state index in [1.165, 1.54) is 0 Å². The lowest BCUT2D eigenvalue weighted by atomic mass is 10.1. The van der Waals surface area contributed by atoms with E-state index in [-0.39, 0.29) is 5.91 Å². The molecule has 146 valence electrons. The molecule has 4 rings (SSSR count). The summed E-state index contributed by atoms with van der Waals surface area (Å²) in [7, 11) is 1.05. The summed E-state index contributed by atoms with van der Waals surface area (Å²) >= 11 is 0. The fraction of sp³-hybridized carbons (Fsp3) is 0.130. The number of fused-ring (bicyclic) bond motifs is 1. The molecular weight excluding hydrogens is 382 g/mol. The molecule has 1 atom stereocenters. The van der Waals surface area contributed by atoms with Crippen LogP contribution < -0.4 is 5.32 Å². The minimum absolute atomic E-state index is 0.191. The molecule has 0 aliphatic heterocycles. The number of anilines is 1. The minimum atomic E-state index is -0.945. The van der Waals surface area contributed by atoms with E-state index in [4.69, 9.17) is 4.98 Å². The number of carbonyl (C=O) groups excluding carboxylic acids is 1. The number of aromatic nitrogens is 2. The van der Waals surface area contributed by atoms with Gasteiger partial charge in [0.05, 0.1) is 11.0 Å². The summed E-state index contributed by atoms with van der Waals surface area (Å²) in [6, 6.07) is 22.9. The summed E-state index contributed by atoms with van der Waals surface area (Å²) in [4.78, 5) is 17.3. The van der Waals surface area contributed by atoms with Gasteiger partial charge < -0.3 is 9.88 Å². The van der Waals surface area contributed by atoms with Gasteiger partial charge in [-0.25, -0.2) is 4.98 Å². The normalized spacial score (nSPS) is 12.1. The highest BCUT2D eigenvalue weighted by atomic mass is 32.2. The van der Waals surface area contributed by atoms with Crippen LogP contribution in [0.15, 0.2) is 72.8 Å². The number of hydrogen-bond acceptors (Lipinski definition) is 3. The van der Waals surface area contributed by atoms with Crippen LogP contribution in [0.2, 0.25) is 0 Å². The largest absolute Gasteiger partial charge is 0.327 e. The Hall–Kier alpha value is -3.25. The van der Waals surface area contributed by atoms with Gasteiger partial charge in [-0.3, -0.25) is 9.00 Å². The number of rotatable bonds is 5. The fourth-order valence-electron chi connectivity index (χ4n) is 3.35. The van der Waals surface area contributed by atoms with Crippen molar-refractivity contribution in [3.05, 3.63) is 83.9 Å². The predicted octanol–water partition coefficient (Wildman–Crippen LogP) is 4.37. The Balaban J connectivity index is 1.53. The molecule has 3 aromatic carbocycles. The molecule has 29 heavy (non-hydrogen) atoms. The zero-order chi connectivity index (χ0) is 20.4. The van der Waals surface area contributed by atoms with E-state index in [1.54, 1.807) is 18.4 Å². The van der Waals surface area contributed by atoms with E-state index in [0.717, 1.165) is 28.0 Å². The first-order valence-electron chi connectivity index (χ1n) is 9.23. The molecule has 0 radical (unpaired) electrons. The maximum Gasteiger partial charge on any atom is 0.255 e. The fourth-order valence-corrected chi connectivity index (χ4v) is 4.00.